The van der Waals surface area contributed by atoms with E-state index in [4.69, 9.17) is 5.73 Å². The third-order valence-corrected chi connectivity index (χ3v) is 1.89. The molecule has 0 aliphatic rings. The zero-order valence-corrected chi connectivity index (χ0v) is 6.56. The summed E-state index contributed by atoms with van der Waals surface area (Å²) in [5.74, 6) is -0.257. The first-order chi connectivity index (χ1) is 4.56. The van der Waals surface area contributed by atoms with Crippen molar-refractivity contribution in [2.45, 2.75) is 19.3 Å². The van der Waals surface area contributed by atoms with Gasteiger partial charge in [-0.1, -0.05) is 6.42 Å². The van der Waals surface area contributed by atoms with Gasteiger partial charge in [-0.05, 0) is 19.4 Å². The number of unbranched alkanes of at least 4 members (excludes halogenated alkanes) is 2. The average Bonchev–Trinajstić information content (AvgIpc) is 1.78. The Hall–Kier alpha value is -0.130. The fourth-order valence-corrected chi connectivity index (χ4v) is 1.16. The van der Waals surface area contributed by atoms with E-state index in [1.165, 1.54) is 0 Å². The molecule has 0 atom stereocenters. The van der Waals surface area contributed by atoms with E-state index in [0.717, 1.165) is 12.8 Å². The zero-order chi connectivity index (χ0) is 8.04. The van der Waals surface area contributed by atoms with Gasteiger partial charge in [0, 0.05) is 5.75 Å². The normalized spacial score (nSPS) is 11.8. The van der Waals surface area contributed by atoms with Gasteiger partial charge in [-0.15, -0.1) is 0 Å². The molecular formula is C5H12NO3S-. The molecule has 2 N–H and O–H groups in total. The quantitative estimate of drug-likeness (QED) is 0.447. The van der Waals surface area contributed by atoms with E-state index in [9.17, 15) is 13.0 Å². The minimum Gasteiger partial charge on any atom is -0.748 e. The van der Waals surface area contributed by atoms with Crippen molar-refractivity contribution in [3.8, 4) is 0 Å². The van der Waals surface area contributed by atoms with Crippen LogP contribution in [0.5, 0.6) is 0 Å². The molecule has 0 spiro atoms. The van der Waals surface area contributed by atoms with E-state index in [1.54, 1.807) is 0 Å². The van der Waals surface area contributed by atoms with Crippen molar-refractivity contribution < 1.29 is 13.0 Å². The molecule has 0 radical (unpaired) electrons. The van der Waals surface area contributed by atoms with Gasteiger partial charge in [0.1, 0.15) is 0 Å². The smallest absolute Gasteiger partial charge is 0.0945 e. The van der Waals surface area contributed by atoms with E-state index in [1.807, 2.05) is 0 Å². The number of hydrogen-bond acceptors (Lipinski definition) is 4. The predicted molar refractivity (Wildman–Crippen MR) is 37.5 cm³/mol. The molecule has 62 valence electrons. The summed E-state index contributed by atoms with van der Waals surface area (Å²) in [6, 6.07) is 0. The first kappa shape index (κ1) is 9.87. The van der Waals surface area contributed by atoms with E-state index in [0.29, 0.717) is 13.0 Å². The Bertz CT molecular complexity index is 164. The van der Waals surface area contributed by atoms with E-state index < -0.39 is 10.1 Å². The molecule has 10 heavy (non-hydrogen) atoms. The molecule has 0 aliphatic heterocycles. The Morgan fingerprint density at radius 3 is 2.20 bits per heavy atom. The topological polar surface area (TPSA) is 83.2 Å². The fourth-order valence-electron chi connectivity index (χ4n) is 0.600. The Kier molecular flexibility index (Phi) is 4.59. The second kappa shape index (κ2) is 4.65. The highest BCUT2D eigenvalue weighted by Crippen LogP contribution is 1.96. The molecular weight excluding hydrogens is 154 g/mol. The van der Waals surface area contributed by atoms with Gasteiger partial charge < -0.3 is 10.3 Å². The summed E-state index contributed by atoms with van der Waals surface area (Å²) in [6.07, 6.45) is 1.94. The van der Waals surface area contributed by atoms with Gasteiger partial charge in [0.05, 0.1) is 10.1 Å². The second-order valence-corrected chi connectivity index (χ2v) is 3.63. The summed E-state index contributed by atoms with van der Waals surface area (Å²) >= 11 is 0. The van der Waals surface area contributed by atoms with E-state index in [2.05, 4.69) is 0 Å². The highest BCUT2D eigenvalue weighted by Gasteiger charge is 1.93. The van der Waals surface area contributed by atoms with Crippen LogP contribution in [-0.2, 0) is 10.1 Å². The van der Waals surface area contributed by atoms with E-state index >= 15 is 0 Å². The van der Waals surface area contributed by atoms with Crippen molar-refractivity contribution in [3.63, 3.8) is 0 Å². The third-order valence-electron chi connectivity index (χ3n) is 1.10. The lowest BCUT2D eigenvalue weighted by Crippen LogP contribution is -2.05. The minimum atomic E-state index is -4.00. The second-order valence-electron chi connectivity index (χ2n) is 2.11. The van der Waals surface area contributed by atoms with Gasteiger partial charge in [0.2, 0.25) is 0 Å². The highest BCUT2D eigenvalue weighted by atomic mass is 32.2. The molecule has 0 rings (SSSR count). The van der Waals surface area contributed by atoms with Crippen molar-refractivity contribution in [3.05, 3.63) is 0 Å². The third kappa shape index (κ3) is 7.87. The SMILES string of the molecule is NCCCCCS(=O)(=O)[O-]. The summed E-state index contributed by atoms with van der Waals surface area (Å²) < 4.78 is 30.0. The summed E-state index contributed by atoms with van der Waals surface area (Å²) in [7, 11) is -4.00. The van der Waals surface area contributed by atoms with E-state index in [-0.39, 0.29) is 5.75 Å². The molecule has 0 heterocycles. The maximum Gasteiger partial charge on any atom is 0.0945 e. The standard InChI is InChI=1S/C5H13NO3S/c6-4-2-1-3-5-10(7,8)9/h1-6H2,(H,7,8,9)/p-1. The van der Waals surface area contributed by atoms with Crippen LogP contribution in [0.3, 0.4) is 0 Å². The van der Waals surface area contributed by atoms with Crippen LogP contribution in [0.4, 0.5) is 0 Å². The number of rotatable bonds is 5. The molecule has 5 heteroatoms. The zero-order valence-electron chi connectivity index (χ0n) is 5.75. The fraction of sp³-hybridized carbons (Fsp3) is 1.00. The Labute approximate surface area is 61.2 Å². The van der Waals surface area contributed by atoms with Crippen molar-refractivity contribution in [2.24, 2.45) is 5.73 Å². The first-order valence-corrected chi connectivity index (χ1v) is 4.77. The lowest BCUT2D eigenvalue weighted by atomic mass is 10.2. The molecule has 0 saturated carbocycles. The molecule has 0 unspecified atom stereocenters. The largest absolute Gasteiger partial charge is 0.748 e. The van der Waals surface area contributed by atoms with Crippen molar-refractivity contribution in [2.75, 3.05) is 12.3 Å². The van der Waals surface area contributed by atoms with Gasteiger partial charge >= 0.3 is 0 Å². The molecule has 0 bridgehead atoms. The average molecular weight is 166 g/mol. The highest BCUT2D eigenvalue weighted by molar-refractivity contribution is 7.85. The van der Waals surface area contributed by atoms with Crippen LogP contribution in [0, 0.1) is 0 Å². The van der Waals surface area contributed by atoms with Gasteiger partial charge in [-0.3, -0.25) is 0 Å². The summed E-state index contributed by atoms with van der Waals surface area (Å²) in [5, 5.41) is 0. The van der Waals surface area contributed by atoms with Gasteiger partial charge in [-0.2, -0.15) is 0 Å². The molecule has 0 amide bonds. The van der Waals surface area contributed by atoms with Crippen molar-refractivity contribution >= 4 is 10.1 Å². The van der Waals surface area contributed by atoms with Crippen LogP contribution in [0.2, 0.25) is 0 Å². The molecule has 0 aromatic rings. The molecule has 0 aromatic carbocycles. The maximum atomic E-state index is 10.0. The lowest BCUT2D eigenvalue weighted by molar-refractivity contribution is 0.460. The van der Waals surface area contributed by atoms with Crippen molar-refractivity contribution in [1.29, 1.82) is 0 Å². The first-order valence-electron chi connectivity index (χ1n) is 3.20. The predicted octanol–water partition coefficient (Wildman–Crippen LogP) is -0.339. The summed E-state index contributed by atoms with van der Waals surface area (Å²) in [4.78, 5) is 0. The monoisotopic (exact) mass is 166 g/mol. The Morgan fingerprint density at radius 1 is 1.20 bits per heavy atom. The molecule has 0 aromatic heterocycles. The van der Waals surface area contributed by atoms with Crippen molar-refractivity contribution in [1.82, 2.24) is 0 Å². The molecule has 0 saturated heterocycles. The molecule has 4 nitrogen and oxygen atoms in total. The molecule has 0 fully saturated rings. The maximum absolute atomic E-state index is 10.0. The lowest BCUT2D eigenvalue weighted by Gasteiger charge is -2.04. The van der Waals surface area contributed by atoms with Gasteiger partial charge in [0.25, 0.3) is 0 Å². The van der Waals surface area contributed by atoms with Crippen LogP contribution in [0.1, 0.15) is 19.3 Å². The van der Waals surface area contributed by atoms with Crippen LogP contribution in [0.25, 0.3) is 0 Å². The van der Waals surface area contributed by atoms with Gasteiger partial charge in [-0.25, -0.2) is 8.42 Å². The Balaban J connectivity index is 3.21. The van der Waals surface area contributed by atoms with Gasteiger partial charge in [0.15, 0.2) is 0 Å². The van der Waals surface area contributed by atoms with Crippen LogP contribution < -0.4 is 5.73 Å². The van der Waals surface area contributed by atoms with Crippen LogP contribution in [-0.4, -0.2) is 25.3 Å². The minimum absolute atomic E-state index is 0.257. The molecule has 0 aliphatic carbocycles. The number of nitrogens with two attached hydrogens (primary N) is 1. The number of hydrogen-bond donors (Lipinski definition) is 1. The Morgan fingerprint density at radius 2 is 1.80 bits per heavy atom. The van der Waals surface area contributed by atoms with Crippen LogP contribution in [0.15, 0.2) is 0 Å². The van der Waals surface area contributed by atoms with Crippen LogP contribution >= 0.6 is 0 Å². The summed E-state index contributed by atoms with van der Waals surface area (Å²) in [5.41, 5.74) is 5.15. The summed E-state index contributed by atoms with van der Waals surface area (Å²) in [6.45, 7) is 0.554.